The van der Waals surface area contributed by atoms with Crippen LogP contribution in [0.5, 0.6) is 0 Å². The van der Waals surface area contributed by atoms with Crippen LogP contribution in [0.15, 0.2) is 12.1 Å². The molecule has 1 unspecified atom stereocenters. The third kappa shape index (κ3) is 2.51. The van der Waals surface area contributed by atoms with Gasteiger partial charge >= 0.3 is 5.97 Å². The van der Waals surface area contributed by atoms with Crippen LogP contribution in [0, 0.1) is 5.41 Å². The third-order valence-corrected chi connectivity index (χ3v) is 3.74. The van der Waals surface area contributed by atoms with Gasteiger partial charge in [0.05, 0.1) is 15.8 Å². The van der Waals surface area contributed by atoms with E-state index >= 15 is 0 Å². The van der Waals surface area contributed by atoms with Crippen LogP contribution in [-0.2, 0) is 4.79 Å². The Morgan fingerprint density at radius 1 is 1.60 bits per heavy atom. The Morgan fingerprint density at radius 3 is 2.53 bits per heavy atom. The van der Waals surface area contributed by atoms with Gasteiger partial charge in [-0.1, -0.05) is 11.6 Å². The van der Waals surface area contributed by atoms with Gasteiger partial charge in [-0.15, -0.1) is 11.3 Å². The van der Waals surface area contributed by atoms with Gasteiger partial charge in [-0.25, -0.2) is 0 Å². The SMILES string of the molecule is CNC(c1ccc(Cl)s1)C(C)(C)C(=O)O. The number of halogens is 1. The van der Waals surface area contributed by atoms with Gasteiger partial charge in [0.2, 0.25) is 0 Å². The molecule has 0 saturated carbocycles. The fourth-order valence-corrected chi connectivity index (χ4v) is 2.82. The maximum atomic E-state index is 11.1. The van der Waals surface area contributed by atoms with Gasteiger partial charge in [0.1, 0.15) is 0 Å². The number of rotatable bonds is 4. The molecule has 0 saturated heterocycles. The van der Waals surface area contributed by atoms with Crippen molar-refractivity contribution in [2.75, 3.05) is 7.05 Å². The van der Waals surface area contributed by atoms with Crippen LogP contribution in [-0.4, -0.2) is 18.1 Å². The summed E-state index contributed by atoms with van der Waals surface area (Å²) in [6.07, 6.45) is 0. The van der Waals surface area contributed by atoms with Crippen LogP contribution in [0.25, 0.3) is 0 Å². The topological polar surface area (TPSA) is 49.3 Å². The normalized spacial score (nSPS) is 13.9. The van der Waals surface area contributed by atoms with Crippen molar-refractivity contribution in [2.24, 2.45) is 5.41 Å². The molecule has 0 aliphatic rings. The first kappa shape index (κ1) is 12.5. The Hall–Kier alpha value is -0.580. The summed E-state index contributed by atoms with van der Waals surface area (Å²) in [4.78, 5) is 12.1. The lowest BCUT2D eigenvalue weighted by Crippen LogP contribution is -2.37. The molecule has 1 atom stereocenters. The minimum atomic E-state index is -0.858. The fourth-order valence-electron chi connectivity index (χ4n) is 1.47. The van der Waals surface area contributed by atoms with Crippen molar-refractivity contribution in [1.82, 2.24) is 5.32 Å². The average molecular weight is 248 g/mol. The second kappa shape index (κ2) is 4.51. The van der Waals surface area contributed by atoms with E-state index in [1.54, 1.807) is 27.0 Å². The lowest BCUT2D eigenvalue weighted by Gasteiger charge is -2.29. The van der Waals surface area contributed by atoms with Gasteiger partial charge in [-0.3, -0.25) is 4.79 Å². The molecule has 0 aliphatic carbocycles. The number of carboxylic acids is 1. The number of nitrogens with one attached hydrogen (secondary N) is 1. The largest absolute Gasteiger partial charge is 0.481 e. The summed E-state index contributed by atoms with van der Waals surface area (Å²) in [5.74, 6) is -0.827. The van der Waals surface area contributed by atoms with Crippen LogP contribution in [0.4, 0.5) is 0 Å². The molecule has 15 heavy (non-hydrogen) atoms. The van der Waals surface area contributed by atoms with Gasteiger partial charge in [-0.05, 0) is 33.0 Å². The molecule has 3 nitrogen and oxygen atoms in total. The molecule has 84 valence electrons. The molecule has 1 heterocycles. The Labute approximate surface area is 98.1 Å². The number of hydrogen-bond acceptors (Lipinski definition) is 3. The zero-order valence-electron chi connectivity index (χ0n) is 8.87. The predicted molar refractivity (Wildman–Crippen MR) is 62.5 cm³/mol. The number of thiophene rings is 1. The van der Waals surface area contributed by atoms with Crippen molar-refractivity contribution < 1.29 is 9.90 Å². The van der Waals surface area contributed by atoms with Crippen molar-refractivity contribution >= 4 is 28.9 Å². The number of carboxylic acid groups (broad SMARTS) is 1. The van der Waals surface area contributed by atoms with Crippen molar-refractivity contribution in [3.05, 3.63) is 21.3 Å². The molecule has 5 heteroatoms. The van der Waals surface area contributed by atoms with Crippen LogP contribution < -0.4 is 5.32 Å². The van der Waals surface area contributed by atoms with Gasteiger partial charge in [-0.2, -0.15) is 0 Å². The van der Waals surface area contributed by atoms with Crippen LogP contribution in [0.3, 0.4) is 0 Å². The first-order valence-corrected chi connectivity index (χ1v) is 5.75. The zero-order chi connectivity index (χ0) is 11.6. The van der Waals surface area contributed by atoms with E-state index < -0.39 is 11.4 Å². The molecule has 0 aliphatic heterocycles. The summed E-state index contributed by atoms with van der Waals surface area (Å²) >= 11 is 7.24. The lowest BCUT2D eigenvalue weighted by molar-refractivity contribution is -0.148. The third-order valence-electron chi connectivity index (χ3n) is 2.44. The van der Waals surface area contributed by atoms with E-state index in [1.165, 1.54) is 11.3 Å². The second-order valence-corrected chi connectivity index (χ2v) is 5.64. The highest BCUT2D eigenvalue weighted by molar-refractivity contribution is 7.16. The molecule has 1 aromatic heterocycles. The van der Waals surface area contributed by atoms with E-state index in [-0.39, 0.29) is 6.04 Å². The smallest absolute Gasteiger partial charge is 0.311 e. The van der Waals surface area contributed by atoms with E-state index in [4.69, 9.17) is 16.7 Å². The molecule has 0 bridgehead atoms. The summed E-state index contributed by atoms with van der Waals surface area (Å²) in [5, 5.41) is 12.2. The molecular formula is C10H14ClNO2S. The highest BCUT2D eigenvalue weighted by Gasteiger charge is 2.37. The summed E-state index contributed by atoms with van der Waals surface area (Å²) in [5.41, 5.74) is -0.858. The molecule has 1 rings (SSSR count). The van der Waals surface area contributed by atoms with E-state index in [0.717, 1.165) is 4.88 Å². The maximum absolute atomic E-state index is 11.1. The van der Waals surface area contributed by atoms with Crippen LogP contribution >= 0.6 is 22.9 Å². The highest BCUT2D eigenvalue weighted by atomic mass is 35.5. The summed E-state index contributed by atoms with van der Waals surface area (Å²) in [6.45, 7) is 3.40. The van der Waals surface area contributed by atoms with E-state index in [0.29, 0.717) is 4.34 Å². The molecule has 0 amide bonds. The highest BCUT2D eigenvalue weighted by Crippen LogP contribution is 2.37. The predicted octanol–water partition coefficient (Wildman–Crippen LogP) is 2.77. The minimum Gasteiger partial charge on any atom is -0.481 e. The molecule has 0 radical (unpaired) electrons. The van der Waals surface area contributed by atoms with Crippen molar-refractivity contribution in [1.29, 1.82) is 0 Å². The second-order valence-electron chi connectivity index (χ2n) is 3.89. The Kier molecular flexibility index (Phi) is 3.76. The van der Waals surface area contributed by atoms with Gasteiger partial charge in [0.15, 0.2) is 0 Å². The fraction of sp³-hybridized carbons (Fsp3) is 0.500. The number of carbonyl (C=O) groups is 1. The molecule has 0 aromatic carbocycles. The van der Waals surface area contributed by atoms with Crippen LogP contribution in [0.1, 0.15) is 24.8 Å². The Balaban J connectivity index is 3.04. The first-order valence-electron chi connectivity index (χ1n) is 4.55. The lowest BCUT2D eigenvalue weighted by atomic mass is 9.84. The van der Waals surface area contributed by atoms with Gasteiger partial charge < -0.3 is 10.4 Å². The molecular weight excluding hydrogens is 234 g/mol. The Bertz CT molecular complexity index is 362. The van der Waals surface area contributed by atoms with E-state index in [2.05, 4.69) is 5.32 Å². The average Bonchev–Trinajstić information content (AvgIpc) is 2.52. The van der Waals surface area contributed by atoms with E-state index in [1.807, 2.05) is 6.07 Å². The Morgan fingerprint density at radius 2 is 2.20 bits per heavy atom. The molecule has 0 fully saturated rings. The quantitative estimate of drug-likeness (QED) is 0.860. The molecule has 1 aromatic rings. The van der Waals surface area contributed by atoms with Gasteiger partial charge in [0, 0.05) is 4.88 Å². The number of hydrogen-bond donors (Lipinski definition) is 2. The van der Waals surface area contributed by atoms with Gasteiger partial charge in [0.25, 0.3) is 0 Å². The maximum Gasteiger partial charge on any atom is 0.311 e. The van der Waals surface area contributed by atoms with Crippen molar-refractivity contribution in [3.63, 3.8) is 0 Å². The monoisotopic (exact) mass is 247 g/mol. The first-order chi connectivity index (χ1) is 6.89. The molecule has 2 N–H and O–H groups in total. The minimum absolute atomic E-state index is 0.229. The zero-order valence-corrected chi connectivity index (χ0v) is 10.4. The molecule has 0 spiro atoms. The van der Waals surface area contributed by atoms with Crippen molar-refractivity contribution in [2.45, 2.75) is 19.9 Å². The summed E-state index contributed by atoms with van der Waals surface area (Å²) < 4.78 is 0.673. The number of aliphatic carboxylic acids is 1. The van der Waals surface area contributed by atoms with E-state index in [9.17, 15) is 4.79 Å². The van der Waals surface area contributed by atoms with Crippen LogP contribution in [0.2, 0.25) is 4.34 Å². The summed E-state index contributed by atoms with van der Waals surface area (Å²) in [7, 11) is 1.75. The standard InChI is InChI=1S/C10H14ClNO2S/c1-10(2,9(13)14)8(12-3)6-4-5-7(11)15-6/h4-5,8,12H,1-3H3,(H,13,14). The summed E-state index contributed by atoms with van der Waals surface area (Å²) in [6, 6.07) is 3.41. The van der Waals surface area contributed by atoms with Crippen molar-refractivity contribution in [3.8, 4) is 0 Å².